The Labute approximate surface area is 199 Å². The van der Waals surface area contributed by atoms with Crippen LogP contribution in [0.2, 0.25) is 0 Å². The predicted molar refractivity (Wildman–Crippen MR) is 108 cm³/mol. The molecule has 3 rings (SSSR count). The Balaban J connectivity index is 1.76. The van der Waals surface area contributed by atoms with Gasteiger partial charge in [0.05, 0.1) is 26.0 Å². The molecule has 206 valence electrons. The molecule has 3 aliphatic rings. The van der Waals surface area contributed by atoms with Crippen LogP contribution in [0, 0.1) is 0 Å². The average Bonchev–Trinajstić information content (AvgIpc) is 2.84. The van der Waals surface area contributed by atoms with E-state index in [4.69, 9.17) is 34.2 Å². The largest absolute Gasteiger partial charge is 0.394 e. The van der Waals surface area contributed by atoms with Crippen molar-refractivity contribution in [1.82, 2.24) is 0 Å². The van der Waals surface area contributed by atoms with E-state index in [9.17, 15) is 46.0 Å². The van der Waals surface area contributed by atoms with Gasteiger partial charge in [0.1, 0.15) is 67.1 Å². The standard InChI is InChI=1S/C19H35NO15/c1-5-8(23)10(25)12(27)18(31-5)35-16-9(24)6(2-21)32-19(14(16)29)34-15-7(3-22)33-17(30-4-20)13(28)11(15)26/h5-19,21-29H,2-4,20H2,1H3/t5?,6?,7?,8-,9+,10?,11+,12-,13?,14?,15+,16-,17-,18-,19-/m0/s1. The first-order chi connectivity index (χ1) is 16.5. The third kappa shape index (κ3) is 5.93. The van der Waals surface area contributed by atoms with Crippen molar-refractivity contribution in [3.05, 3.63) is 0 Å². The van der Waals surface area contributed by atoms with Gasteiger partial charge in [-0.1, -0.05) is 0 Å². The third-order valence-electron chi connectivity index (χ3n) is 6.29. The number of aliphatic hydroxyl groups excluding tert-OH is 9. The van der Waals surface area contributed by atoms with Crippen LogP contribution in [0.25, 0.3) is 0 Å². The maximum atomic E-state index is 10.8. The summed E-state index contributed by atoms with van der Waals surface area (Å²) in [6.45, 7) is -0.408. The molecule has 6 unspecified atom stereocenters. The molecule has 0 radical (unpaired) electrons. The van der Waals surface area contributed by atoms with Crippen LogP contribution >= 0.6 is 0 Å². The summed E-state index contributed by atoms with van der Waals surface area (Å²) in [6, 6.07) is 0. The fraction of sp³-hybridized carbons (Fsp3) is 1.00. The van der Waals surface area contributed by atoms with Crippen molar-refractivity contribution in [2.75, 3.05) is 19.9 Å². The van der Waals surface area contributed by atoms with Crippen molar-refractivity contribution in [3.8, 4) is 0 Å². The maximum absolute atomic E-state index is 10.8. The van der Waals surface area contributed by atoms with E-state index < -0.39 is 105 Å². The van der Waals surface area contributed by atoms with Crippen LogP contribution in [0.3, 0.4) is 0 Å². The molecule has 3 aliphatic heterocycles. The number of rotatable bonds is 8. The van der Waals surface area contributed by atoms with Crippen molar-refractivity contribution in [2.24, 2.45) is 5.73 Å². The highest BCUT2D eigenvalue weighted by atomic mass is 16.8. The lowest BCUT2D eigenvalue weighted by atomic mass is 9.96. The number of ether oxygens (including phenoxy) is 6. The smallest absolute Gasteiger partial charge is 0.188 e. The average molecular weight is 517 g/mol. The van der Waals surface area contributed by atoms with E-state index in [1.165, 1.54) is 6.92 Å². The first kappa shape index (κ1) is 28.9. The highest BCUT2D eigenvalue weighted by molar-refractivity contribution is 4.96. The summed E-state index contributed by atoms with van der Waals surface area (Å²) in [5.74, 6) is 0. The number of nitrogens with two attached hydrogens (primary N) is 1. The van der Waals surface area contributed by atoms with Crippen LogP contribution in [0.15, 0.2) is 0 Å². The molecule has 0 bridgehead atoms. The van der Waals surface area contributed by atoms with Gasteiger partial charge in [0, 0.05) is 0 Å². The molecule has 3 heterocycles. The van der Waals surface area contributed by atoms with E-state index in [0.29, 0.717) is 0 Å². The van der Waals surface area contributed by atoms with Crippen LogP contribution < -0.4 is 5.73 Å². The van der Waals surface area contributed by atoms with Gasteiger partial charge in [-0.05, 0) is 6.92 Å². The molecular weight excluding hydrogens is 482 g/mol. The molecule has 11 N–H and O–H groups in total. The predicted octanol–water partition coefficient (Wildman–Crippen LogP) is -6.60. The second-order valence-electron chi connectivity index (χ2n) is 8.63. The van der Waals surface area contributed by atoms with Gasteiger partial charge in [-0.3, -0.25) is 0 Å². The van der Waals surface area contributed by atoms with Crippen LogP contribution in [0.4, 0.5) is 0 Å². The Bertz CT molecular complexity index is 660. The highest BCUT2D eigenvalue weighted by Gasteiger charge is 2.53. The summed E-state index contributed by atoms with van der Waals surface area (Å²) in [7, 11) is 0. The Morgan fingerprint density at radius 3 is 1.74 bits per heavy atom. The van der Waals surface area contributed by atoms with Gasteiger partial charge in [-0.15, -0.1) is 0 Å². The molecule has 35 heavy (non-hydrogen) atoms. The van der Waals surface area contributed by atoms with Crippen molar-refractivity contribution < 1.29 is 74.4 Å². The third-order valence-corrected chi connectivity index (χ3v) is 6.29. The van der Waals surface area contributed by atoms with Gasteiger partial charge in [0.25, 0.3) is 0 Å². The van der Waals surface area contributed by atoms with E-state index >= 15 is 0 Å². The highest BCUT2D eigenvalue weighted by Crippen LogP contribution is 2.32. The van der Waals surface area contributed by atoms with Gasteiger partial charge in [0.15, 0.2) is 18.9 Å². The summed E-state index contributed by atoms with van der Waals surface area (Å²) in [5.41, 5.74) is 5.27. The summed E-state index contributed by atoms with van der Waals surface area (Å²) < 4.78 is 32.2. The molecule has 0 aromatic rings. The van der Waals surface area contributed by atoms with Crippen molar-refractivity contribution in [3.63, 3.8) is 0 Å². The lowest BCUT2D eigenvalue weighted by Gasteiger charge is -2.48. The van der Waals surface area contributed by atoms with Gasteiger partial charge < -0.3 is 80.1 Å². The maximum Gasteiger partial charge on any atom is 0.188 e. The van der Waals surface area contributed by atoms with E-state index in [1.54, 1.807) is 0 Å². The second-order valence-corrected chi connectivity index (χ2v) is 8.63. The molecule has 16 nitrogen and oxygen atoms in total. The van der Waals surface area contributed by atoms with Gasteiger partial charge in [-0.2, -0.15) is 0 Å². The SMILES string of the molecule is CC1O[C@@H](O[C@@H]2C(O)[C@H](O[C@@H]3C(CO)O[C@H](OCN)C(O)[C@H]3O)OC(CO)[C@H]2O)[C@@H](O)C(O)[C@H]1O. The van der Waals surface area contributed by atoms with Crippen molar-refractivity contribution in [2.45, 2.75) is 99.0 Å². The van der Waals surface area contributed by atoms with Gasteiger partial charge in [-0.25, -0.2) is 0 Å². The van der Waals surface area contributed by atoms with E-state index in [2.05, 4.69) is 0 Å². The Morgan fingerprint density at radius 1 is 0.600 bits per heavy atom. The van der Waals surface area contributed by atoms with Crippen LogP contribution in [0.1, 0.15) is 6.92 Å². The fourth-order valence-electron chi connectivity index (χ4n) is 4.22. The topological polar surface area (TPSA) is 263 Å². The molecule has 0 aromatic heterocycles. The zero-order valence-corrected chi connectivity index (χ0v) is 18.8. The summed E-state index contributed by atoms with van der Waals surface area (Å²) in [5, 5.41) is 91.5. The minimum atomic E-state index is -1.83. The normalized spacial score (nSPS) is 51.3. The van der Waals surface area contributed by atoms with E-state index in [-0.39, 0.29) is 6.73 Å². The minimum Gasteiger partial charge on any atom is -0.394 e. The second kappa shape index (κ2) is 12.3. The lowest BCUT2D eigenvalue weighted by Crippen LogP contribution is -2.66. The van der Waals surface area contributed by atoms with Crippen LogP contribution in [-0.4, -0.2) is 158 Å². The minimum absolute atomic E-state index is 0.350. The summed E-state index contributed by atoms with van der Waals surface area (Å²) in [6.07, 6.45) is -23.1. The molecule has 15 atom stereocenters. The molecule has 0 saturated carbocycles. The Hall–Kier alpha value is -0.640. The van der Waals surface area contributed by atoms with Gasteiger partial charge >= 0.3 is 0 Å². The molecule has 3 saturated heterocycles. The number of hydrogen-bond acceptors (Lipinski definition) is 16. The molecule has 16 heteroatoms. The molecule has 0 spiro atoms. The zero-order valence-electron chi connectivity index (χ0n) is 18.8. The number of hydrogen-bond donors (Lipinski definition) is 10. The van der Waals surface area contributed by atoms with Crippen molar-refractivity contribution in [1.29, 1.82) is 0 Å². The fourth-order valence-corrected chi connectivity index (χ4v) is 4.22. The van der Waals surface area contributed by atoms with E-state index in [0.717, 1.165) is 0 Å². The zero-order chi connectivity index (χ0) is 26.0. The molecule has 0 aliphatic carbocycles. The first-order valence-electron chi connectivity index (χ1n) is 11.1. The molecule has 0 aromatic carbocycles. The van der Waals surface area contributed by atoms with Crippen LogP contribution in [0.5, 0.6) is 0 Å². The van der Waals surface area contributed by atoms with E-state index in [1.807, 2.05) is 0 Å². The monoisotopic (exact) mass is 517 g/mol. The van der Waals surface area contributed by atoms with Gasteiger partial charge in [0.2, 0.25) is 0 Å². The molecular formula is C19H35NO15. The first-order valence-corrected chi connectivity index (χ1v) is 11.1. The quantitative estimate of drug-likeness (QED) is 0.134. The van der Waals surface area contributed by atoms with Crippen LogP contribution in [-0.2, 0) is 28.4 Å². The van der Waals surface area contributed by atoms with Crippen molar-refractivity contribution >= 4 is 0 Å². The Kier molecular flexibility index (Phi) is 10.1. The molecule has 0 amide bonds. The lowest BCUT2D eigenvalue weighted by molar-refractivity contribution is -0.379. The summed E-state index contributed by atoms with van der Waals surface area (Å²) >= 11 is 0. The Morgan fingerprint density at radius 2 is 1.14 bits per heavy atom. The molecule has 3 fully saturated rings. The number of aliphatic hydroxyl groups is 9. The summed E-state index contributed by atoms with van der Waals surface area (Å²) in [4.78, 5) is 0.